The monoisotopic (exact) mass is 329 g/mol. The van der Waals surface area contributed by atoms with Crippen molar-refractivity contribution in [2.75, 3.05) is 18.9 Å². The van der Waals surface area contributed by atoms with Gasteiger partial charge in [-0.05, 0) is 44.0 Å². The molecule has 120 valence electrons. The van der Waals surface area contributed by atoms with Gasteiger partial charge in [0.25, 0.3) is 0 Å². The number of fused-ring (bicyclic) bond motifs is 1. The number of nitriles is 1. The summed E-state index contributed by atoms with van der Waals surface area (Å²) in [5.41, 5.74) is 1.81. The molecule has 1 N–H and O–H groups in total. The zero-order valence-electron chi connectivity index (χ0n) is 13.1. The summed E-state index contributed by atoms with van der Waals surface area (Å²) >= 11 is 1.56. The van der Waals surface area contributed by atoms with E-state index in [0.29, 0.717) is 25.1 Å². The zero-order chi connectivity index (χ0) is 16.2. The van der Waals surface area contributed by atoms with Gasteiger partial charge < -0.3 is 9.73 Å². The normalized spacial score (nSPS) is 13.1. The lowest BCUT2D eigenvalue weighted by molar-refractivity contribution is -0.116. The van der Waals surface area contributed by atoms with Crippen molar-refractivity contribution in [3.8, 4) is 6.07 Å². The average Bonchev–Trinajstić information content (AvgIpc) is 3.22. The summed E-state index contributed by atoms with van der Waals surface area (Å²) in [6.07, 6.45) is 5.13. The third kappa shape index (κ3) is 3.63. The standard InChI is InChI=1S/C17H19N3O2S/c1-20(11-12-4-3-9-22-12)8-7-16(21)19-17-14(10-18)13-5-2-6-15(13)23-17/h3-4,9H,2,5-8,11H2,1H3,(H,19,21). The van der Waals surface area contributed by atoms with Crippen LogP contribution in [0.5, 0.6) is 0 Å². The number of aryl methyl sites for hydroxylation is 1. The van der Waals surface area contributed by atoms with Crippen LogP contribution in [-0.2, 0) is 24.2 Å². The molecule has 0 saturated heterocycles. The highest BCUT2D eigenvalue weighted by Gasteiger charge is 2.23. The molecular weight excluding hydrogens is 310 g/mol. The lowest BCUT2D eigenvalue weighted by Crippen LogP contribution is -2.23. The van der Waals surface area contributed by atoms with E-state index < -0.39 is 0 Å². The maximum absolute atomic E-state index is 12.2. The van der Waals surface area contributed by atoms with Gasteiger partial charge in [0, 0.05) is 17.8 Å². The van der Waals surface area contributed by atoms with Crippen molar-refractivity contribution in [2.24, 2.45) is 0 Å². The minimum atomic E-state index is -0.0484. The molecule has 0 aliphatic heterocycles. The second-order valence-electron chi connectivity index (χ2n) is 5.79. The summed E-state index contributed by atoms with van der Waals surface area (Å²) in [6, 6.07) is 6.02. The predicted octanol–water partition coefficient (Wildman–Crippen LogP) is 3.16. The van der Waals surface area contributed by atoms with Gasteiger partial charge in [0.2, 0.25) is 5.91 Å². The Labute approximate surface area is 139 Å². The van der Waals surface area contributed by atoms with Gasteiger partial charge in [-0.1, -0.05) is 0 Å². The molecule has 0 fully saturated rings. The first kappa shape index (κ1) is 15.8. The minimum absolute atomic E-state index is 0.0484. The Bertz CT molecular complexity index is 728. The van der Waals surface area contributed by atoms with E-state index >= 15 is 0 Å². The number of hydrogen-bond donors (Lipinski definition) is 1. The molecule has 23 heavy (non-hydrogen) atoms. The average molecular weight is 329 g/mol. The minimum Gasteiger partial charge on any atom is -0.468 e. The highest BCUT2D eigenvalue weighted by atomic mass is 32.1. The molecule has 1 amide bonds. The van der Waals surface area contributed by atoms with Gasteiger partial charge in [0.1, 0.15) is 16.8 Å². The van der Waals surface area contributed by atoms with Crippen LogP contribution in [0.1, 0.15) is 34.6 Å². The predicted molar refractivity (Wildman–Crippen MR) is 89.3 cm³/mol. The van der Waals surface area contributed by atoms with E-state index in [1.54, 1.807) is 17.6 Å². The fourth-order valence-electron chi connectivity index (χ4n) is 2.84. The number of nitrogens with one attached hydrogen (secondary N) is 1. The fraction of sp³-hybridized carbons (Fsp3) is 0.412. The Morgan fingerprint density at radius 3 is 3.13 bits per heavy atom. The second-order valence-corrected chi connectivity index (χ2v) is 6.89. The first-order chi connectivity index (χ1) is 11.2. The van der Waals surface area contributed by atoms with Crippen molar-refractivity contribution < 1.29 is 9.21 Å². The van der Waals surface area contributed by atoms with Gasteiger partial charge in [0.05, 0.1) is 18.4 Å². The van der Waals surface area contributed by atoms with Crippen molar-refractivity contribution in [1.29, 1.82) is 5.26 Å². The molecule has 0 saturated carbocycles. The number of anilines is 1. The molecule has 2 heterocycles. The Morgan fingerprint density at radius 1 is 1.52 bits per heavy atom. The van der Waals surface area contributed by atoms with Gasteiger partial charge in [-0.2, -0.15) is 5.26 Å². The van der Waals surface area contributed by atoms with Gasteiger partial charge in [-0.15, -0.1) is 11.3 Å². The number of nitrogens with zero attached hydrogens (tertiary/aromatic N) is 2. The van der Waals surface area contributed by atoms with Gasteiger partial charge >= 0.3 is 0 Å². The van der Waals surface area contributed by atoms with Crippen LogP contribution < -0.4 is 5.32 Å². The SMILES string of the molecule is CN(CCC(=O)Nc1sc2c(c1C#N)CCC2)Cc1ccco1. The molecule has 0 aromatic carbocycles. The van der Waals surface area contributed by atoms with E-state index in [-0.39, 0.29) is 5.91 Å². The second kappa shape index (κ2) is 6.99. The lowest BCUT2D eigenvalue weighted by Gasteiger charge is -2.14. The Balaban J connectivity index is 1.53. The molecule has 0 radical (unpaired) electrons. The van der Waals surface area contributed by atoms with Gasteiger partial charge in [0.15, 0.2) is 0 Å². The van der Waals surface area contributed by atoms with Gasteiger partial charge in [-0.25, -0.2) is 0 Å². The topological polar surface area (TPSA) is 69.3 Å². The molecule has 3 rings (SSSR count). The molecular formula is C17H19N3O2S. The number of furan rings is 1. The maximum atomic E-state index is 12.2. The number of hydrogen-bond acceptors (Lipinski definition) is 5. The summed E-state index contributed by atoms with van der Waals surface area (Å²) in [5.74, 6) is 0.835. The van der Waals surface area contributed by atoms with Crippen molar-refractivity contribution >= 4 is 22.2 Å². The smallest absolute Gasteiger partial charge is 0.226 e. The van der Waals surface area contributed by atoms with Crippen molar-refractivity contribution in [3.05, 3.63) is 40.2 Å². The van der Waals surface area contributed by atoms with E-state index in [4.69, 9.17) is 4.42 Å². The van der Waals surface area contributed by atoms with E-state index in [9.17, 15) is 10.1 Å². The quantitative estimate of drug-likeness (QED) is 0.884. The summed E-state index contributed by atoms with van der Waals surface area (Å²) < 4.78 is 5.29. The highest BCUT2D eigenvalue weighted by molar-refractivity contribution is 7.16. The van der Waals surface area contributed by atoms with Crippen LogP contribution in [-0.4, -0.2) is 24.4 Å². The van der Waals surface area contributed by atoms with Crippen LogP contribution in [0, 0.1) is 11.3 Å². The molecule has 6 heteroatoms. The van der Waals surface area contributed by atoms with E-state index in [1.807, 2.05) is 24.1 Å². The summed E-state index contributed by atoms with van der Waals surface area (Å²) in [6.45, 7) is 1.32. The van der Waals surface area contributed by atoms with Crippen LogP contribution in [0.25, 0.3) is 0 Å². The lowest BCUT2D eigenvalue weighted by atomic mass is 10.1. The molecule has 0 unspecified atom stereocenters. The fourth-order valence-corrected chi connectivity index (χ4v) is 4.10. The number of carbonyl (C=O) groups is 1. The summed E-state index contributed by atoms with van der Waals surface area (Å²) in [7, 11) is 1.95. The van der Waals surface area contributed by atoms with E-state index in [2.05, 4.69) is 11.4 Å². The number of rotatable bonds is 6. The Morgan fingerprint density at radius 2 is 2.39 bits per heavy atom. The Kier molecular flexibility index (Phi) is 4.79. The van der Waals surface area contributed by atoms with E-state index in [1.165, 1.54) is 4.88 Å². The molecule has 0 bridgehead atoms. The maximum Gasteiger partial charge on any atom is 0.226 e. The molecule has 0 spiro atoms. The van der Waals surface area contributed by atoms with Crippen molar-refractivity contribution in [3.63, 3.8) is 0 Å². The van der Waals surface area contributed by atoms with E-state index in [0.717, 1.165) is 35.6 Å². The summed E-state index contributed by atoms with van der Waals surface area (Å²) in [5, 5.41) is 13.0. The largest absolute Gasteiger partial charge is 0.468 e. The summed E-state index contributed by atoms with van der Waals surface area (Å²) in [4.78, 5) is 15.4. The van der Waals surface area contributed by atoms with Crippen molar-refractivity contribution in [2.45, 2.75) is 32.2 Å². The molecule has 0 atom stereocenters. The molecule has 5 nitrogen and oxygen atoms in total. The van der Waals surface area contributed by atoms with Crippen LogP contribution in [0.15, 0.2) is 22.8 Å². The third-order valence-corrected chi connectivity index (χ3v) is 5.22. The van der Waals surface area contributed by atoms with Gasteiger partial charge in [-0.3, -0.25) is 9.69 Å². The molecule has 1 aliphatic carbocycles. The van der Waals surface area contributed by atoms with Crippen LogP contribution >= 0.6 is 11.3 Å². The molecule has 1 aliphatic rings. The third-order valence-electron chi connectivity index (χ3n) is 4.01. The first-order valence-electron chi connectivity index (χ1n) is 7.73. The highest BCUT2D eigenvalue weighted by Crippen LogP contribution is 2.38. The first-order valence-corrected chi connectivity index (χ1v) is 8.54. The van der Waals surface area contributed by atoms with Crippen LogP contribution in [0.3, 0.4) is 0 Å². The number of thiophene rings is 1. The van der Waals surface area contributed by atoms with Crippen LogP contribution in [0.4, 0.5) is 5.00 Å². The molecule has 2 aromatic rings. The number of amides is 1. The van der Waals surface area contributed by atoms with Crippen LogP contribution in [0.2, 0.25) is 0 Å². The Hall–Kier alpha value is -2.10. The van der Waals surface area contributed by atoms with Crippen molar-refractivity contribution in [1.82, 2.24) is 4.90 Å². The number of carbonyl (C=O) groups excluding carboxylic acids is 1. The molecule has 2 aromatic heterocycles. The zero-order valence-corrected chi connectivity index (χ0v) is 13.9.